The zero-order valence-corrected chi connectivity index (χ0v) is 13.3. The van der Waals surface area contributed by atoms with Gasteiger partial charge >= 0.3 is 0 Å². The Labute approximate surface area is 134 Å². The van der Waals surface area contributed by atoms with Gasteiger partial charge in [0.1, 0.15) is 12.1 Å². The van der Waals surface area contributed by atoms with Crippen molar-refractivity contribution in [3.63, 3.8) is 0 Å². The monoisotopic (exact) mass is 316 g/mol. The van der Waals surface area contributed by atoms with Gasteiger partial charge in [-0.1, -0.05) is 0 Å². The van der Waals surface area contributed by atoms with Crippen LogP contribution in [0.4, 0.5) is 11.6 Å². The summed E-state index contributed by atoms with van der Waals surface area (Å²) in [6, 6.07) is 3.92. The lowest BCUT2D eigenvalue weighted by atomic mass is 10.3. The van der Waals surface area contributed by atoms with Crippen molar-refractivity contribution in [2.45, 2.75) is 26.3 Å². The highest BCUT2D eigenvalue weighted by molar-refractivity contribution is 5.87. The molecule has 1 amide bonds. The third kappa shape index (κ3) is 3.58. The molecule has 8 nitrogen and oxygen atoms in total. The Morgan fingerprint density at radius 1 is 1.48 bits per heavy atom. The highest BCUT2D eigenvalue weighted by atomic mass is 16.5. The van der Waals surface area contributed by atoms with Gasteiger partial charge in [0.05, 0.1) is 12.6 Å². The maximum atomic E-state index is 11.1. The molecule has 0 radical (unpaired) electrons. The van der Waals surface area contributed by atoms with E-state index in [1.807, 2.05) is 29.9 Å². The molecule has 0 aromatic carbocycles. The first-order valence-corrected chi connectivity index (χ1v) is 7.68. The second kappa shape index (κ2) is 6.64. The molecule has 1 unspecified atom stereocenters. The number of nitrogens with zero attached hydrogens (tertiary/aromatic N) is 5. The average molecular weight is 316 g/mol. The van der Waals surface area contributed by atoms with Gasteiger partial charge in [0.15, 0.2) is 5.82 Å². The van der Waals surface area contributed by atoms with Crippen LogP contribution in [0.1, 0.15) is 26.3 Å². The molecule has 3 heterocycles. The number of amides is 1. The van der Waals surface area contributed by atoms with Crippen molar-refractivity contribution in [1.29, 1.82) is 0 Å². The molecule has 1 aliphatic heterocycles. The molecule has 2 aromatic heterocycles. The number of hydrogen-bond donors (Lipinski definition) is 1. The Kier molecular flexibility index (Phi) is 4.40. The number of carbonyl (C=O) groups is 1. The normalized spacial score (nSPS) is 17.3. The molecule has 1 fully saturated rings. The van der Waals surface area contributed by atoms with E-state index in [9.17, 15) is 4.79 Å². The summed E-state index contributed by atoms with van der Waals surface area (Å²) >= 11 is 0. The molecular formula is C15H20N6O2. The molecule has 122 valence electrons. The SMILES string of the molecule is CCOc1cc(N2CCC(n3ccc(NC(C)=O)n3)C2)ncn1. The van der Waals surface area contributed by atoms with E-state index in [0.29, 0.717) is 18.3 Å². The van der Waals surface area contributed by atoms with Crippen LogP contribution in [0.25, 0.3) is 0 Å². The Morgan fingerprint density at radius 3 is 3.13 bits per heavy atom. The lowest BCUT2D eigenvalue weighted by Crippen LogP contribution is -2.22. The fraction of sp³-hybridized carbons (Fsp3) is 0.467. The first kappa shape index (κ1) is 15.3. The molecule has 1 atom stereocenters. The summed E-state index contributed by atoms with van der Waals surface area (Å²) < 4.78 is 7.32. The second-order valence-electron chi connectivity index (χ2n) is 5.40. The lowest BCUT2D eigenvalue weighted by Gasteiger charge is -2.17. The summed E-state index contributed by atoms with van der Waals surface area (Å²) in [6.45, 7) is 5.68. The minimum atomic E-state index is -0.118. The predicted octanol–water partition coefficient (Wildman–Crippen LogP) is 1.48. The molecule has 0 bridgehead atoms. The van der Waals surface area contributed by atoms with E-state index in [1.165, 1.54) is 13.3 Å². The molecule has 1 saturated heterocycles. The van der Waals surface area contributed by atoms with Gasteiger partial charge in [-0.05, 0) is 13.3 Å². The number of rotatable bonds is 5. The molecule has 0 aliphatic carbocycles. The van der Waals surface area contributed by atoms with Gasteiger partial charge in [0.25, 0.3) is 0 Å². The summed E-state index contributed by atoms with van der Waals surface area (Å²) in [5, 5.41) is 7.10. The standard InChI is InChI=1S/C15H20N6O2/c1-3-23-15-8-14(16-10-17-15)20-6-4-12(9-20)21-7-5-13(19-21)18-11(2)22/h5,7-8,10,12H,3-4,6,9H2,1-2H3,(H,18,19,22). The summed E-state index contributed by atoms with van der Waals surface area (Å²) in [5.74, 6) is 1.91. The van der Waals surface area contributed by atoms with Crippen molar-refractivity contribution in [1.82, 2.24) is 19.7 Å². The minimum absolute atomic E-state index is 0.118. The molecule has 0 spiro atoms. The number of carbonyl (C=O) groups excluding carboxylic acids is 1. The molecule has 23 heavy (non-hydrogen) atoms. The quantitative estimate of drug-likeness (QED) is 0.899. The van der Waals surface area contributed by atoms with Gasteiger partial charge in [-0.15, -0.1) is 0 Å². The molecule has 1 N–H and O–H groups in total. The summed E-state index contributed by atoms with van der Waals surface area (Å²) in [4.78, 5) is 21.7. The third-order valence-electron chi connectivity index (χ3n) is 3.69. The van der Waals surface area contributed by atoms with Crippen molar-refractivity contribution in [2.24, 2.45) is 0 Å². The van der Waals surface area contributed by atoms with E-state index in [-0.39, 0.29) is 11.9 Å². The number of anilines is 2. The Balaban J connectivity index is 1.67. The predicted molar refractivity (Wildman–Crippen MR) is 85.6 cm³/mol. The Morgan fingerprint density at radius 2 is 2.35 bits per heavy atom. The van der Waals surface area contributed by atoms with E-state index in [0.717, 1.165) is 25.3 Å². The highest BCUT2D eigenvalue weighted by Crippen LogP contribution is 2.27. The van der Waals surface area contributed by atoms with Crippen LogP contribution in [0, 0.1) is 0 Å². The largest absolute Gasteiger partial charge is 0.478 e. The van der Waals surface area contributed by atoms with Gasteiger partial charge in [-0.3, -0.25) is 9.48 Å². The molecule has 3 rings (SSSR count). The van der Waals surface area contributed by atoms with Crippen LogP contribution in [0.3, 0.4) is 0 Å². The van der Waals surface area contributed by atoms with Gasteiger partial charge in [0, 0.05) is 38.3 Å². The minimum Gasteiger partial charge on any atom is -0.478 e. The van der Waals surface area contributed by atoms with E-state index in [1.54, 1.807) is 0 Å². The van der Waals surface area contributed by atoms with E-state index in [2.05, 4.69) is 25.3 Å². The summed E-state index contributed by atoms with van der Waals surface area (Å²) in [6.07, 6.45) is 4.39. The van der Waals surface area contributed by atoms with Crippen molar-refractivity contribution >= 4 is 17.5 Å². The topological polar surface area (TPSA) is 85.2 Å². The Hall–Kier alpha value is -2.64. The van der Waals surface area contributed by atoms with Crippen molar-refractivity contribution < 1.29 is 9.53 Å². The van der Waals surface area contributed by atoms with Crippen LogP contribution >= 0.6 is 0 Å². The fourth-order valence-electron chi connectivity index (χ4n) is 2.68. The van der Waals surface area contributed by atoms with Crippen LogP contribution in [-0.4, -0.2) is 45.4 Å². The van der Waals surface area contributed by atoms with Crippen LogP contribution in [-0.2, 0) is 4.79 Å². The average Bonchev–Trinajstić information content (AvgIpc) is 3.16. The van der Waals surface area contributed by atoms with Crippen LogP contribution < -0.4 is 15.0 Å². The van der Waals surface area contributed by atoms with E-state index >= 15 is 0 Å². The first-order chi connectivity index (χ1) is 11.2. The number of nitrogens with one attached hydrogen (secondary N) is 1. The smallest absolute Gasteiger partial charge is 0.222 e. The van der Waals surface area contributed by atoms with Gasteiger partial charge in [-0.2, -0.15) is 5.10 Å². The van der Waals surface area contributed by atoms with Crippen molar-refractivity contribution in [3.8, 4) is 5.88 Å². The fourth-order valence-corrected chi connectivity index (χ4v) is 2.68. The molecule has 0 saturated carbocycles. The van der Waals surface area contributed by atoms with Crippen molar-refractivity contribution in [2.75, 3.05) is 29.9 Å². The van der Waals surface area contributed by atoms with Gasteiger partial charge in [0.2, 0.25) is 11.8 Å². The van der Waals surface area contributed by atoms with Crippen molar-refractivity contribution in [3.05, 3.63) is 24.7 Å². The zero-order valence-electron chi connectivity index (χ0n) is 13.3. The van der Waals surface area contributed by atoms with Crippen LogP contribution in [0.5, 0.6) is 5.88 Å². The molecule has 1 aliphatic rings. The number of hydrogen-bond acceptors (Lipinski definition) is 6. The van der Waals surface area contributed by atoms with Gasteiger partial charge in [-0.25, -0.2) is 9.97 Å². The molecule has 8 heteroatoms. The Bertz CT molecular complexity index is 686. The summed E-state index contributed by atoms with van der Waals surface area (Å²) in [5.41, 5.74) is 0. The first-order valence-electron chi connectivity index (χ1n) is 7.68. The van der Waals surface area contributed by atoms with E-state index < -0.39 is 0 Å². The van der Waals surface area contributed by atoms with Gasteiger partial charge < -0.3 is 15.0 Å². The molecular weight excluding hydrogens is 296 g/mol. The lowest BCUT2D eigenvalue weighted by molar-refractivity contribution is -0.114. The highest BCUT2D eigenvalue weighted by Gasteiger charge is 2.26. The maximum Gasteiger partial charge on any atom is 0.222 e. The zero-order chi connectivity index (χ0) is 16.2. The van der Waals surface area contributed by atoms with Crippen LogP contribution in [0.2, 0.25) is 0 Å². The summed E-state index contributed by atoms with van der Waals surface area (Å²) in [7, 11) is 0. The van der Waals surface area contributed by atoms with Crippen LogP contribution in [0.15, 0.2) is 24.7 Å². The van der Waals surface area contributed by atoms with E-state index in [4.69, 9.17) is 4.74 Å². The second-order valence-corrected chi connectivity index (χ2v) is 5.40. The molecule has 2 aromatic rings. The maximum absolute atomic E-state index is 11.1. The number of aromatic nitrogens is 4. The number of ether oxygens (including phenoxy) is 1. The third-order valence-corrected chi connectivity index (χ3v) is 3.69.